The van der Waals surface area contributed by atoms with Gasteiger partial charge in [0.25, 0.3) is 0 Å². The molecule has 4 rings (SSSR count). The van der Waals surface area contributed by atoms with Crippen LogP contribution in [-0.2, 0) is 16.0 Å². The zero-order chi connectivity index (χ0) is 23.1. The summed E-state index contributed by atoms with van der Waals surface area (Å²) in [4.78, 5) is 32.6. The summed E-state index contributed by atoms with van der Waals surface area (Å²) in [5.41, 5.74) is 2.76. The van der Waals surface area contributed by atoms with E-state index in [0.717, 1.165) is 36.0 Å². The molecule has 1 fully saturated rings. The molecule has 1 aromatic carbocycles. The van der Waals surface area contributed by atoms with Crippen LogP contribution in [0.25, 0.3) is 11.1 Å². The Bertz CT molecular complexity index is 1010. The van der Waals surface area contributed by atoms with Crippen LogP contribution in [0.2, 0.25) is 0 Å². The summed E-state index contributed by atoms with van der Waals surface area (Å²) in [6.45, 7) is 5.45. The predicted molar refractivity (Wildman–Crippen MR) is 131 cm³/mol. The summed E-state index contributed by atoms with van der Waals surface area (Å²) in [6, 6.07) is 12.3. The van der Waals surface area contributed by atoms with E-state index < -0.39 is 5.41 Å². The Kier molecular flexibility index (Phi) is 7.38. The Hall–Kier alpha value is -3.21. The van der Waals surface area contributed by atoms with Crippen LogP contribution in [0, 0.1) is 11.3 Å². The zero-order valence-corrected chi connectivity index (χ0v) is 19.2. The van der Waals surface area contributed by atoms with Crippen LogP contribution in [0.15, 0.2) is 73.6 Å². The number of nitrogens with zero attached hydrogens (tertiary/aromatic N) is 2. The number of rotatable bonds is 7. The molecule has 2 heterocycles. The van der Waals surface area contributed by atoms with Gasteiger partial charge in [-0.2, -0.15) is 0 Å². The minimum Gasteiger partial charge on any atom is -0.352 e. The second-order valence-electron chi connectivity index (χ2n) is 9.20. The maximum atomic E-state index is 13.3. The fourth-order valence-electron chi connectivity index (χ4n) is 5.05. The Morgan fingerprint density at radius 1 is 1.15 bits per heavy atom. The monoisotopic (exact) mass is 443 g/mol. The summed E-state index contributed by atoms with van der Waals surface area (Å²) in [6.07, 6.45) is 14.4. The summed E-state index contributed by atoms with van der Waals surface area (Å²) < 4.78 is 0. The molecule has 0 saturated carbocycles. The fourth-order valence-corrected chi connectivity index (χ4v) is 5.05. The molecule has 1 aliphatic heterocycles. The maximum Gasteiger partial charge on any atom is 0.226 e. The van der Waals surface area contributed by atoms with Crippen molar-refractivity contribution in [2.24, 2.45) is 11.3 Å². The smallest absolute Gasteiger partial charge is 0.226 e. The molecule has 172 valence electrons. The van der Waals surface area contributed by atoms with Crippen molar-refractivity contribution in [2.45, 2.75) is 38.5 Å². The molecule has 5 nitrogen and oxygen atoms in total. The van der Waals surface area contributed by atoms with Crippen molar-refractivity contribution in [3.05, 3.63) is 79.2 Å². The summed E-state index contributed by atoms with van der Waals surface area (Å²) in [7, 11) is 0. The van der Waals surface area contributed by atoms with Gasteiger partial charge < -0.3 is 10.2 Å². The molecule has 5 heteroatoms. The number of likely N-dealkylation sites (tertiary alicyclic amines) is 1. The molecule has 1 aromatic heterocycles. The Labute approximate surface area is 196 Å². The number of nitrogens with one attached hydrogen (secondary N) is 1. The number of carbonyl (C=O) groups is 2. The van der Waals surface area contributed by atoms with Gasteiger partial charge in [0.05, 0.1) is 5.41 Å². The van der Waals surface area contributed by atoms with Crippen molar-refractivity contribution in [3.63, 3.8) is 0 Å². The number of hydrogen-bond donors (Lipinski definition) is 1. The molecule has 2 aromatic rings. The normalized spacial score (nSPS) is 19.6. The Balaban J connectivity index is 1.51. The van der Waals surface area contributed by atoms with Gasteiger partial charge in [0, 0.05) is 37.9 Å². The highest BCUT2D eigenvalue weighted by Gasteiger charge is 2.42. The number of pyridine rings is 1. The molecule has 0 unspecified atom stereocenters. The van der Waals surface area contributed by atoms with E-state index in [1.165, 1.54) is 0 Å². The first kappa shape index (κ1) is 23.0. The second kappa shape index (κ2) is 10.6. The summed E-state index contributed by atoms with van der Waals surface area (Å²) in [5.74, 6) is 0.396. The van der Waals surface area contributed by atoms with Crippen molar-refractivity contribution >= 4 is 11.8 Å². The molecular formula is C28H33N3O2. The van der Waals surface area contributed by atoms with E-state index in [0.29, 0.717) is 38.9 Å². The number of piperidine rings is 1. The predicted octanol–water partition coefficient (Wildman–Crippen LogP) is 4.56. The van der Waals surface area contributed by atoms with Gasteiger partial charge in [0.1, 0.15) is 0 Å². The van der Waals surface area contributed by atoms with Gasteiger partial charge >= 0.3 is 0 Å². The third kappa shape index (κ3) is 5.41. The Morgan fingerprint density at radius 2 is 1.97 bits per heavy atom. The lowest BCUT2D eigenvalue weighted by Gasteiger charge is -2.42. The molecule has 0 radical (unpaired) electrons. The van der Waals surface area contributed by atoms with E-state index >= 15 is 0 Å². The van der Waals surface area contributed by atoms with Gasteiger partial charge in [-0.15, -0.1) is 6.58 Å². The molecule has 2 amide bonds. The number of hydrogen-bond acceptors (Lipinski definition) is 3. The molecule has 1 saturated heterocycles. The van der Waals surface area contributed by atoms with Gasteiger partial charge in [-0.1, -0.05) is 48.6 Å². The van der Waals surface area contributed by atoms with Crippen LogP contribution in [-0.4, -0.2) is 41.3 Å². The molecule has 1 aliphatic carbocycles. The van der Waals surface area contributed by atoms with Crippen molar-refractivity contribution in [3.8, 4) is 11.1 Å². The number of carbonyl (C=O) groups excluding carboxylic acids is 2. The zero-order valence-electron chi connectivity index (χ0n) is 19.2. The van der Waals surface area contributed by atoms with Gasteiger partial charge in [0.2, 0.25) is 11.8 Å². The SMILES string of the molecule is C=CCNC(=O)C1(Cc2cccc(-c3cccnc3)c2)CCN(C(=O)[C@H]2CC=CCC2)CC1. The lowest BCUT2D eigenvalue weighted by Crippen LogP contribution is -2.52. The van der Waals surface area contributed by atoms with E-state index in [2.05, 4.69) is 47.2 Å². The minimum absolute atomic E-state index is 0.0573. The van der Waals surface area contributed by atoms with Gasteiger partial charge in [-0.05, 0) is 61.3 Å². The van der Waals surface area contributed by atoms with Crippen LogP contribution in [0.3, 0.4) is 0 Å². The highest BCUT2D eigenvalue weighted by atomic mass is 16.2. The minimum atomic E-state index is -0.528. The van der Waals surface area contributed by atoms with E-state index in [1.807, 2.05) is 29.3 Å². The number of benzene rings is 1. The summed E-state index contributed by atoms with van der Waals surface area (Å²) in [5, 5.41) is 3.04. The maximum absolute atomic E-state index is 13.3. The third-order valence-corrected chi connectivity index (χ3v) is 7.00. The molecule has 1 N–H and O–H groups in total. The third-order valence-electron chi connectivity index (χ3n) is 7.00. The average molecular weight is 444 g/mol. The standard InChI is InChI=1S/C28H33N3O2/c1-2-15-30-27(33)28(13-17-31(18-14-28)26(32)23-9-4-3-5-10-23)20-22-8-6-11-24(19-22)25-12-7-16-29-21-25/h2-4,6-8,11-12,16,19,21,23H,1,5,9-10,13-15,17-18,20H2,(H,30,33)/t23-/m0/s1. The van der Waals surface area contributed by atoms with Gasteiger partial charge in [-0.25, -0.2) is 0 Å². The van der Waals surface area contributed by atoms with Gasteiger partial charge in [0.15, 0.2) is 0 Å². The molecule has 0 spiro atoms. The van der Waals surface area contributed by atoms with Crippen LogP contribution in [0.5, 0.6) is 0 Å². The molecule has 1 atom stereocenters. The van der Waals surface area contributed by atoms with Crippen molar-refractivity contribution in [2.75, 3.05) is 19.6 Å². The lowest BCUT2D eigenvalue weighted by molar-refractivity contribution is -0.143. The van der Waals surface area contributed by atoms with E-state index in [9.17, 15) is 9.59 Å². The van der Waals surface area contributed by atoms with Crippen molar-refractivity contribution in [1.82, 2.24) is 15.2 Å². The molecule has 2 aliphatic rings. The van der Waals surface area contributed by atoms with Crippen LogP contribution >= 0.6 is 0 Å². The van der Waals surface area contributed by atoms with Crippen molar-refractivity contribution in [1.29, 1.82) is 0 Å². The topological polar surface area (TPSA) is 62.3 Å². The molecular weight excluding hydrogens is 410 g/mol. The van der Waals surface area contributed by atoms with E-state index in [1.54, 1.807) is 12.3 Å². The van der Waals surface area contributed by atoms with Crippen molar-refractivity contribution < 1.29 is 9.59 Å². The van der Waals surface area contributed by atoms with Crippen LogP contribution in [0.1, 0.15) is 37.7 Å². The van der Waals surface area contributed by atoms with Crippen LogP contribution < -0.4 is 5.32 Å². The lowest BCUT2D eigenvalue weighted by atomic mass is 9.72. The Morgan fingerprint density at radius 3 is 2.67 bits per heavy atom. The first-order valence-corrected chi connectivity index (χ1v) is 11.9. The first-order valence-electron chi connectivity index (χ1n) is 11.9. The first-order chi connectivity index (χ1) is 16.1. The second-order valence-corrected chi connectivity index (χ2v) is 9.20. The van der Waals surface area contributed by atoms with Crippen LogP contribution in [0.4, 0.5) is 0 Å². The molecule has 33 heavy (non-hydrogen) atoms. The van der Waals surface area contributed by atoms with E-state index in [-0.39, 0.29) is 17.7 Å². The quantitative estimate of drug-likeness (QED) is 0.638. The summed E-state index contributed by atoms with van der Waals surface area (Å²) >= 11 is 0. The van der Waals surface area contributed by atoms with Gasteiger partial charge in [-0.3, -0.25) is 14.6 Å². The number of aromatic nitrogens is 1. The van der Waals surface area contributed by atoms with E-state index in [4.69, 9.17) is 0 Å². The highest BCUT2D eigenvalue weighted by Crippen LogP contribution is 2.37. The molecule has 0 bridgehead atoms. The largest absolute Gasteiger partial charge is 0.352 e. The number of allylic oxidation sites excluding steroid dienone is 2. The number of amides is 2. The average Bonchev–Trinajstić information content (AvgIpc) is 2.88. The fraction of sp³-hybridized carbons (Fsp3) is 0.393. The highest BCUT2D eigenvalue weighted by molar-refractivity contribution is 5.84.